The average molecular weight is 582 g/mol. The second kappa shape index (κ2) is 14.8. The number of para-hydroxylation sites is 2. The first-order valence-corrected chi connectivity index (χ1v) is 14.8. The van der Waals surface area contributed by atoms with Crippen LogP contribution in [0.1, 0.15) is 44.6 Å². The Balaban J connectivity index is 2.14. The summed E-state index contributed by atoms with van der Waals surface area (Å²) in [6.45, 7) is 2.01. The Morgan fingerprint density at radius 1 is 0.854 bits per heavy atom. The average Bonchev–Trinajstić information content (AvgIpc) is 2.93. The van der Waals surface area contributed by atoms with Gasteiger partial charge in [-0.3, -0.25) is 4.79 Å². The lowest BCUT2D eigenvalue weighted by atomic mass is 10.0. The van der Waals surface area contributed by atoms with E-state index in [1.165, 1.54) is 12.1 Å². The summed E-state index contributed by atoms with van der Waals surface area (Å²) in [6.07, 6.45) is 1.51. The van der Waals surface area contributed by atoms with Gasteiger partial charge in [0.15, 0.2) is 5.96 Å². The Labute approximate surface area is 239 Å². The summed E-state index contributed by atoms with van der Waals surface area (Å²) >= 11 is 0. The molecule has 0 heterocycles. The maximum absolute atomic E-state index is 15.1. The predicted octanol–water partition coefficient (Wildman–Crippen LogP) is 5.28. The molecule has 0 aliphatic carbocycles. The molecule has 3 aromatic carbocycles. The topological polar surface area (TPSA) is 181 Å². The number of ether oxygens (including phenoxy) is 1. The molecular formula is C29H36N5O6P. The van der Waals surface area contributed by atoms with Crippen LogP contribution in [0.15, 0.2) is 89.9 Å². The summed E-state index contributed by atoms with van der Waals surface area (Å²) in [4.78, 5) is 29.0. The van der Waals surface area contributed by atoms with Crippen molar-refractivity contribution in [1.82, 2.24) is 5.32 Å². The first kappa shape index (κ1) is 31.0. The van der Waals surface area contributed by atoms with Crippen LogP contribution in [-0.4, -0.2) is 24.5 Å². The Morgan fingerprint density at radius 2 is 1.41 bits per heavy atom. The molecule has 0 aromatic heterocycles. The van der Waals surface area contributed by atoms with Crippen molar-refractivity contribution in [3.63, 3.8) is 0 Å². The lowest BCUT2D eigenvalue weighted by Gasteiger charge is -2.38. The molecule has 41 heavy (non-hydrogen) atoms. The largest absolute Gasteiger partial charge is 0.479 e. The molecule has 0 spiro atoms. The van der Waals surface area contributed by atoms with Gasteiger partial charge in [-0.05, 0) is 42.8 Å². The van der Waals surface area contributed by atoms with Crippen LogP contribution in [0.4, 0.5) is 10.5 Å². The zero-order valence-corrected chi connectivity index (χ0v) is 23.8. The molecule has 12 heteroatoms. The Hall–Kier alpha value is -4.50. The number of rotatable bonds is 15. The molecule has 0 aliphatic rings. The highest BCUT2D eigenvalue weighted by atomic mass is 31.2. The Kier molecular flexibility index (Phi) is 11.2. The van der Waals surface area contributed by atoms with Gasteiger partial charge < -0.3 is 36.3 Å². The molecule has 0 bridgehead atoms. The second-order valence-electron chi connectivity index (χ2n) is 9.15. The number of nitrogens with two attached hydrogens (primary N) is 3. The van der Waals surface area contributed by atoms with E-state index < -0.39 is 19.0 Å². The number of nitrogens with one attached hydrogen (secondary N) is 1. The highest BCUT2D eigenvalue weighted by Gasteiger charge is 2.59. The minimum absolute atomic E-state index is 0.0336. The lowest BCUT2D eigenvalue weighted by Crippen LogP contribution is -2.41. The second-order valence-corrected chi connectivity index (χ2v) is 11.2. The number of guanidine groups is 1. The maximum atomic E-state index is 15.1. The van der Waals surface area contributed by atoms with Gasteiger partial charge in [0.2, 0.25) is 5.91 Å². The van der Waals surface area contributed by atoms with Crippen LogP contribution in [0.3, 0.4) is 0 Å². The minimum Gasteiger partial charge on any atom is -0.422 e. The lowest BCUT2D eigenvalue weighted by molar-refractivity contribution is -0.121. The van der Waals surface area contributed by atoms with Crippen molar-refractivity contribution in [2.45, 2.75) is 44.4 Å². The molecule has 3 rings (SSSR count). The van der Waals surface area contributed by atoms with Crippen molar-refractivity contribution in [3.05, 3.63) is 90.5 Å². The van der Waals surface area contributed by atoms with Crippen LogP contribution in [0.2, 0.25) is 0 Å². The summed E-state index contributed by atoms with van der Waals surface area (Å²) < 4.78 is 33.0. The monoisotopic (exact) mass is 581 g/mol. The van der Waals surface area contributed by atoms with E-state index in [9.17, 15) is 9.59 Å². The molecule has 2 amide bonds. The van der Waals surface area contributed by atoms with Crippen LogP contribution in [-0.2, 0) is 19.4 Å². The van der Waals surface area contributed by atoms with E-state index in [0.29, 0.717) is 12.1 Å². The van der Waals surface area contributed by atoms with Gasteiger partial charge in [0.05, 0.1) is 5.69 Å². The first-order valence-electron chi connectivity index (χ1n) is 13.2. The van der Waals surface area contributed by atoms with Crippen molar-refractivity contribution >= 4 is 31.2 Å². The number of amides is 2. The highest BCUT2D eigenvalue weighted by molar-refractivity contribution is 7.55. The molecule has 0 radical (unpaired) electrons. The van der Waals surface area contributed by atoms with E-state index >= 15 is 4.57 Å². The van der Waals surface area contributed by atoms with Crippen molar-refractivity contribution in [1.29, 1.82) is 0 Å². The van der Waals surface area contributed by atoms with Gasteiger partial charge >= 0.3 is 13.7 Å². The third kappa shape index (κ3) is 8.74. The van der Waals surface area contributed by atoms with E-state index in [4.69, 9.17) is 31.0 Å². The van der Waals surface area contributed by atoms with Gasteiger partial charge in [0, 0.05) is 24.9 Å². The summed E-state index contributed by atoms with van der Waals surface area (Å²) in [7, 11) is -4.57. The number of hydrogen-bond acceptors (Lipinski definition) is 7. The molecule has 0 fully saturated rings. The van der Waals surface area contributed by atoms with Crippen molar-refractivity contribution in [3.8, 4) is 11.5 Å². The molecule has 0 saturated heterocycles. The van der Waals surface area contributed by atoms with Crippen LogP contribution in [0, 0.1) is 0 Å². The number of hydrogen-bond donors (Lipinski definition) is 4. The van der Waals surface area contributed by atoms with Crippen molar-refractivity contribution in [2.75, 3.05) is 6.54 Å². The summed E-state index contributed by atoms with van der Waals surface area (Å²) in [5.74, 6) is 0.0425. The number of carbonyl (C=O) groups is 2. The van der Waals surface area contributed by atoms with Gasteiger partial charge in [-0.1, -0.05) is 68.3 Å². The molecule has 1 unspecified atom stereocenters. The van der Waals surface area contributed by atoms with E-state index in [-0.39, 0.29) is 41.9 Å². The highest BCUT2D eigenvalue weighted by Crippen LogP contribution is 2.66. The van der Waals surface area contributed by atoms with Crippen LogP contribution in [0.25, 0.3) is 0 Å². The normalized spacial score (nSPS) is 12.4. The van der Waals surface area contributed by atoms with E-state index in [1.807, 2.05) is 6.92 Å². The molecule has 0 aliphatic heterocycles. The smallest absolute Gasteiger partial charge is 0.422 e. The number of primary amides is 1. The molecule has 3 aromatic rings. The summed E-state index contributed by atoms with van der Waals surface area (Å²) in [5, 5.41) is 0.719. The van der Waals surface area contributed by atoms with Gasteiger partial charge in [-0.25, -0.2) is 14.4 Å². The van der Waals surface area contributed by atoms with Crippen LogP contribution in [0.5, 0.6) is 11.5 Å². The molecule has 7 N–H and O–H groups in total. The number of carbonyl (C=O) groups excluding carboxylic acids is 2. The number of nitrogens with zero attached hydrogens (tertiary/aromatic N) is 1. The van der Waals surface area contributed by atoms with E-state index in [1.54, 1.807) is 72.8 Å². The zero-order valence-electron chi connectivity index (χ0n) is 22.9. The number of unbranched alkanes of at least 4 members (excludes halogenated alkanes) is 2. The minimum atomic E-state index is -4.57. The van der Waals surface area contributed by atoms with Crippen molar-refractivity contribution in [2.24, 2.45) is 22.2 Å². The number of benzene rings is 3. The van der Waals surface area contributed by atoms with Gasteiger partial charge in [-0.2, -0.15) is 0 Å². The quantitative estimate of drug-likeness (QED) is 0.0809. The van der Waals surface area contributed by atoms with E-state index in [0.717, 1.165) is 19.3 Å². The predicted molar refractivity (Wildman–Crippen MR) is 158 cm³/mol. The SMILES string of the molecule is CCCCCC(=O)NCCC(OC(N)=O)(c1ccc(N=C(N)N)cc1)P(=O)(Oc1ccccc1)Oc1ccccc1. The Bertz CT molecular complexity index is 1310. The molecule has 11 nitrogen and oxygen atoms in total. The Morgan fingerprint density at radius 3 is 1.90 bits per heavy atom. The fourth-order valence-electron chi connectivity index (χ4n) is 4.12. The summed E-state index contributed by atoms with van der Waals surface area (Å²) in [6, 6.07) is 22.8. The standard InChI is InChI=1S/C29H36N5O6P/c1-2-3-6-15-26(35)33-21-20-29(38-28(32)36,22-16-18-23(19-17-22)34-27(30)31)41(37,39-24-11-7-4-8-12-24)40-25-13-9-5-10-14-25/h4-5,7-14,16-19H,2-3,6,15,20-21H2,1H3,(H2,32,36)(H,33,35)(H4,30,31,34). The molecule has 218 valence electrons. The van der Waals surface area contributed by atoms with Gasteiger partial charge in [-0.15, -0.1) is 0 Å². The first-order chi connectivity index (χ1) is 19.7. The third-order valence-electron chi connectivity index (χ3n) is 6.02. The zero-order chi connectivity index (χ0) is 29.7. The number of aliphatic imine (C=N–C) groups is 1. The third-order valence-corrected chi connectivity index (χ3v) is 8.38. The fraction of sp³-hybridized carbons (Fsp3) is 0.276. The molecule has 1 atom stereocenters. The van der Waals surface area contributed by atoms with E-state index in [2.05, 4.69) is 10.3 Å². The molecular weight excluding hydrogens is 545 g/mol. The summed E-state index contributed by atoms with van der Waals surface area (Å²) in [5.41, 5.74) is 17.2. The molecule has 0 saturated carbocycles. The van der Waals surface area contributed by atoms with Crippen LogP contribution >= 0.6 is 7.60 Å². The van der Waals surface area contributed by atoms with Gasteiger partial charge in [0.25, 0.3) is 5.34 Å². The maximum Gasteiger partial charge on any atom is 0.479 e. The van der Waals surface area contributed by atoms with Gasteiger partial charge in [0.1, 0.15) is 11.5 Å². The van der Waals surface area contributed by atoms with Crippen LogP contribution < -0.4 is 31.6 Å². The van der Waals surface area contributed by atoms with Crippen molar-refractivity contribution < 1.29 is 27.9 Å². The fourth-order valence-corrected chi connectivity index (χ4v) is 6.30.